The van der Waals surface area contributed by atoms with E-state index in [4.69, 9.17) is 27.6 Å². The van der Waals surface area contributed by atoms with Gasteiger partial charge in [0.05, 0.1) is 11.2 Å². The molecule has 1 amide bonds. The average molecular weight is 367 g/mol. The first-order chi connectivity index (χ1) is 11.5. The molecule has 1 aliphatic rings. The summed E-state index contributed by atoms with van der Waals surface area (Å²) >= 11 is 12.1. The molecule has 0 N–H and O–H groups in total. The van der Waals surface area contributed by atoms with Gasteiger partial charge in [-0.2, -0.15) is 0 Å². The summed E-state index contributed by atoms with van der Waals surface area (Å²) in [7, 11) is 0. The van der Waals surface area contributed by atoms with E-state index >= 15 is 0 Å². The largest absolute Gasteiger partial charge is 0.441 e. The Bertz CT molecular complexity index is 730. The highest BCUT2D eigenvalue weighted by Crippen LogP contribution is 2.31. The zero-order valence-corrected chi connectivity index (χ0v) is 15.1. The van der Waals surface area contributed by atoms with E-state index in [0.29, 0.717) is 40.5 Å². The van der Waals surface area contributed by atoms with Gasteiger partial charge in [0.2, 0.25) is 5.91 Å². The first-order valence-electron chi connectivity index (χ1n) is 8.21. The average Bonchev–Trinajstić information content (AvgIpc) is 3.01. The summed E-state index contributed by atoms with van der Waals surface area (Å²) in [6, 6.07) is 5.23. The second-order valence-electron chi connectivity index (χ2n) is 6.33. The predicted octanol–water partition coefficient (Wildman–Crippen LogP) is 4.84. The molecule has 1 unspecified atom stereocenters. The van der Waals surface area contributed by atoms with Crippen LogP contribution in [-0.2, 0) is 11.2 Å². The van der Waals surface area contributed by atoms with Crippen LogP contribution in [0.15, 0.2) is 28.8 Å². The minimum absolute atomic E-state index is 0.172. The van der Waals surface area contributed by atoms with Crippen LogP contribution in [-0.4, -0.2) is 28.9 Å². The van der Waals surface area contributed by atoms with Gasteiger partial charge in [0.1, 0.15) is 0 Å². The lowest BCUT2D eigenvalue weighted by Crippen LogP contribution is -2.39. The maximum atomic E-state index is 12.3. The molecule has 0 aliphatic carbocycles. The van der Waals surface area contributed by atoms with E-state index in [2.05, 4.69) is 11.9 Å². The van der Waals surface area contributed by atoms with Crippen molar-refractivity contribution in [2.24, 2.45) is 5.92 Å². The van der Waals surface area contributed by atoms with Gasteiger partial charge < -0.3 is 9.32 Å². The SMILES string of the molecule is CC1CCCN(C(=O)CCc2ncc(-c3ccc(Cl)cc3Cl)o2)C1. The van der Waals surface area contributed by atoms with E-state index in [1.165, 1.54) is 6.42 Å². The van der Waals surface area contributed by atoms with Gasteiger partial charge in [-0.3, -0.25) is 4.79 Å². The summed E-state index contributed by atoms with van der Waals surface area (Å²) in [4.78, 5) is 18.5. The molecule has 128 valence electrons. The van der Waals surface area contributed by atoms with Crippen LogP contribution < -0.4 is 0 Å². The number of oxazole rings is 1. The number of hydrogen-bond acceptors (Lipinski definition) is 3. The molecule has 6 heteroatoms. The van der Waals surface area contributed by atoms with Gasteiger partial charge in [0.15, 0.2) is 11.7 Å². The van der Waals surface area contributed by atoms with Crippen molar-refractivity contribution in [3.63, 3.8) is 0 Å². The lowest BCUT2D eigenvalue weighted by Gasteiger charge is -2.30. The highest BCUT2D eigenvalue weighted by atomic mass is 35.5. The molecular formula is C18H20Cl2N2O2. The van der Waals surface area contributed by atoms with E-state index in [-0.39, 0.29) is 5.91 Å². The van der Waals surface area contributed by atoms with Crippen molar-refractivity contribution >= 4 is 29.1 Å². The van der Waals surface area contributed by atoms with Crippen LogP contribution in [0.4, 0.5) is 0 Å². The number of piperidine rings is 1. The molecule has 2 aromatic rings. The van der Waals surface area contributed by atoms with Gasteiger partial charge in [-0.25, -0.2) is 4.98 Å². The van der Waals surface area contributed by atoms with Gasteiger partial charge in [-0.15, -0.1) is 0 Å². The third-order valence-electron chi connectivity index (χ3n) is 4.31. The zero-order valence-electron chi connectivity index (χ0n) is 13.6. The normalized spacial score (nSPS) is 18.0. The van der Waals surface area contributed by atoms with Crippen molar-refractivity contribution in [3.05, 3.63) is 40.3 Å². The van der Waals surface area contributed by atoms with Crippen LogP contribution in [0.5, 0.6) is 0 Å². The fourth-order valence-corrected chi connectivity index (χ4v) is 3.53. The number of likely N-dealkylation sites (tertiary alicyclic amines) is 1. The Morgan fingerprint density at radius 2 is 2.25 bits per heavy atom. The minimum Gasteiger partial charge on any atom is -0.441 e. The number of carbonyl (C=O) groups excluding carboxylic acids is 1. The van der Waals surface area contributed by atoms with E-state index in [9.17, 15) is 4.79 Å². The highest BCUT2D eigenvalue weighted by molar-refractivity contribution is 6.36. The number of benzene rings is 1. The van der Waals surface area contributed by atoms with Crippen molar-refractivity contribution in [1.82, 2.24) is 9.88 Å². The summed E-state index contributed by atoms with van der Waals surface area (Å²) in [5.41, 5.74) is 0.746. The fraction of sp³-hybridized carbons (Fsp3) is 0.444. The summed E-state index contributed by atoms with van der Waals surface area (Å²) in [6.07, 6.45) is 4.84. The van der Waals surface area contributed by atoms with Crippen LogP contribution in [0.1, 0.15) is 32.1 Å². The summed E-state index contributed by atoms with van der Waals surface area (Å²) in [6.45, 7) is 3.91. The third-order valence-corrected chi connectivity index (χ3v) is 4.86. The van der Waals surface area contributed by atoms with Crippen molar-refractivity contribution in [2.75, 3.05) is 13.1 Å². The molecule has 0 saturated carbocycles. The second-order valence-corrected chi connectivity index (χ2v) is 7.17. The fourth-order valence-electron chi connectivity index (χ4n) is 3.03. The van der Waals surface area contributed by atoms with Crippen LogP contribution >= 0.6 is 23.2 Å². The molecule has 1 atom stereocenters. The standard InChI is InChI=1S/C18H20Cl2N2O2/c1-12-3-2-8-22(11-12)18(23)7-6-17-21-10-16(24-17)14-5-4-13(19)9-15(14)20/h4-5,9-10,12H,2-3,6-8,11H2,1H3. The highest BCUT2D eigenvalue weighted by Gasteiger charge is 2.21. The monoisotopic (exact) mass is 366 g/mol. The Kier molecular flexibility index (Phi) is 5.47. The van der Waals surface area contributed by atoms with Crippen molar-refractivity contribution in [1.29, 1.82) is 0 Å². The Labute approximate surface area is 151 Å². The number of halogens is 2. The van der Waals surface area contributed by atoms with Gasteiger partial charge in [0.25, 0.3) is 0 Å². The Hall–Kier alpha value is -1.52. The lowest BCUT2D eigenvalue weighted by molar-refractivity contribution is -0.132. The number of aryl methyl sites for hydroxylation is 1. The van der Waals surface area contributed by atoms with Gasteiger partial charge in [-0.05, 0) is 37.0 Å². The number of nitrogens with zero attached hydrogens (tertiary/aromatic N) is 2. The molecule has 24 heavy (non-hydrogen) atoms. The molecule has 1 aromatic carbocycles. The van der Waals surface area contributed by atoms with Gasteiger partial charge in [0, 0.05) is 36.5 Å². The Morgan fingerprint density at radius 1 is 1.42 bits per heavy atom. The molecule has 1 aliphatic heterocycles. The molecule has 0 radical (unpaired) electrons. The quantitative estimate of drug-likeness (QED) is 0.777. The van der Waals surface area contributed by atoms with Gasteiger partial charge >= 0.3 is 0 Å². The Morgan fingerprint density at radius 3 is 3.00 bits per heavy atom. The number of rotatable bonds is 4. The van der Waals surface area contributed by atoms with Crippen molar-refractivity contribution < 1.29 is 9.21 Å². The maximum Gasteiger partial charge on any atom is 0.223 e. The number of hydrogen-bond donors (Lipinski definition) is 0. The summed E-state index contributed by atoms with van der Waals surface area (Å²) in [5, 5.41) is 1.09. The zero-order chi connectivity index (χ0) is 17.1. The molecular weight excluding hydrogens is 347 g/mol. The van der Waals surface area contributed by atoms with Crippen LogP contribution in [0, 0.1) is 5.92 Å². The van der Waals surface area contributed by atoms with Crippen LogP contribution in [0.2, 0.25) is 10.0 Å². The molecule has 2 heterocycles. The molecule has 1 saturated heterocycles. The number of amides is 1. The van der Waals surface area contributed by atoms with Gasteiger partial charge in [-0.1, -0.05) is 30.1 Å². The second kappa shape index (κ2) is 7.58. The first kappa shape index (κ1) is 17.3. The molecule has 1 aromatic heterocycles. The first-order valence-corrected chi connectivity index (χ1v) is 8.96. The molecule has 0 bridgehead atoms. The van der Waals surface area contributed by atoms with E-state index in [1.54, 1.807) is 24.4 Å². The minimum atomic E-state index is 0.172. The number of carbonyl (C=O) groups is 1. The molecule has 3 rings (SSSR count). The molecule has 1 fully saturated rings. The van der Waals surface area contributed by atoms with Crippen LogP contribution in [0.25, 0.3) is 11.3 Å². The summed E-state index contributed by atoms with van der Waals surface area (Å²) in [5.74, 6) is 1.90. The predicted molar refractivity (Wildman–Crippen MR) is 95.3 cm³/mol. The topological polar surface area (TPSA) is 46.3 Å². The van der Waals surface area contributed by atoms with E-state index in [1.807, 2.05) is 4.90 Å². The van der Waals surface area contributed by atoms with E-state index < -0.39 is 0 Å². The summed E-state index contributed by atoms with van der Waals surface area (Å²) < 4.78 is 5.74. The molecule has 4 nitrogen and oxygen atoms in total. The van der Waals surface area contributed by atoms with Crippen LogP contribution in [0.3, 0.4) is 0 Å². The third kappa shape index (κ3) is 4.11. The lowest BCUT2D eigenvalue weighted by atomic mass is 10.00. The maximum absolute atomic E-state index is 12.3. The Balaban J connectivity index is 1.61. The van der Waals surface area contributed by atoms with E-state index in [0.717, 1.165) is 25.1 Å². The van der Waals surface area contributed by atoms with Crippen molar-refractivity contribution in [3.8, 4) is 11.3 Å². The smallest absolute Gasteiger partial charge is 0.223 e. The molecule has 0 spiro atoms. The van der Waals surface area contributed by atoms with Crippen molar-refractivity contribution in [2.45, 2.75) is 32.6 Å². The number of aromatic nitrogens is 1.